The van der Waals surface area contributed by atoms with E-state index in [4.69, 9.17) is 5.73 Å². The fourth-order valence-electron chi connectivity index (χ4n) is 1.81. The molecule has 1 aliphatic rings. The molecular weight excluding hydrogens is 231 g/mol. The van der Waals surface area contributed by atoms with E-state index in [1.165, 1.54) is 16.4 Å². The van der Waals surface area contributed by atoms with Crippen LogP contribution in [0.3, 0.4) is 0 Å². The first-order chi connectivity index (χ1) is 7.50. The van der Waals surface area contributed by atoms with Crippen LogP contribution in [0.4, 0.5) is 15.8 Å². The molecule has 16 heavy (non-hydrogen) atoms. The van der Waals surface area contributed by atoms with Gasteiger partial charge in [-0.25, -0.2) is 12.8 Å². The molecule has 0 atom stereocenters. The summed E-state index contributed by atoms with van der Waals surface area (Å²) in [6, 6.07) is 3.77. The van der Waals surface area contributed by atoms with Crippen molar-refractivity contribution in [2.45, 2.75) is 12.8 Å². The molecule has 1 aliphatic heterocycles. The Balaban J connectivity index is 2.43. The third kappa shape index (κ3) is 1.97. The first-order valence-corrected chi connectivity index (χ1v) is 6.67. The second kappa shape index (κ2) is 3.93. The predicted molar refractivity (Wildman–Crippen MR) is 61.2 cm³/mol. The van der Waals surface area contributed by atoms with Gasteiger partial charge in [-0.1, -0.05) is 0 Å². The number of halogens is 1. The maximum Gasteiger partial charge on any atom is 0.235 e. The fraction of sp³-hybridized carbons (Fsp3) is 0.400. The van der Waals surface area contributed by atoms with E-state index in [9.17, 15) is 12.8 Å². The number of nitrogens with zero attached hydrogens (tertiary/aromatic N) is 1. The van der Waals surface area contributed by atoms with Gasteiger partial charge in [0.2, 0.25) is 10.0 Å². The Morgan fingerprint density at radius 1 is 1.31 bits per heavy atom. The molecule has 2 N–H and O–H groups in total. The molecular formula is C10H13FN2O2S. The quantitative estimate of drug-likeness (QED) is 0.758. The Labute approximate surface area is 93.9 Å². The van der Waals surface area contributed by atoms with E-state index in [-0.39, 0.29) is 11.4 Å². The molecule has 0 bridgehead atoms. The molecule has 0 radical (unpaired) electrons. The van der Waals surface area contributed by atoms with E-state index in [1.807, 2.05) is 0 Å². The van der Waals surface area contributed by atoms with Gasteiger partial charge >= 0.3 is 0 Å². The van der Waals surface area contributed by atoms with Crippen LogP contribution in [-0.2, 0) is 10.0 Å². The lowest BCUT2D eigenvalue weighted by molar-refractivity contribution is 0.574. The lowest BCUT2D eigenvalue weighted by Gasteiger charge is -2.29. The van der Waals surface area contributed by atoms with E-state index < -0.39 is 15.8 Å². The van der Waals surface area contributed by atoms with Crippen molar-refractivity contribution in [3.63, 3.8) is 0 Å². The van der Waals surface area contributed by atoms with Crippen LogP contribution in [0.15, 0.2) is 18.2 Å². The highest BCUT2D eigenvalue weighted by Crippen LogP contribution is 2.29. The van der Waals surface area contributed by atoms with Gasteiger partial charge in [0.05, 0.1) is 17.1 Å². The molecule has 4 nitrogen and oxygen atoms in total. The second-order valence-electron chi connectivity index (χ2n) is 3.80. The normalized spacial score (nSPS) is 19.7. The molecule has 2 rings (SSSR count). The first kappa shape index (κ1) is 11.2. The highest BCUT2D eigenvalue weighted by Gasteiger charge is 2.27. The topological polar surface area (TPSA) is 63.4 Å². The third-order valence-electron chi connectivity index (χ3n) is 2.61. The second-order valence-corrected chi connectivity index (χ2v) is 5.81. The molecule has 0 aromatic heterocycles. The van der Waals surface area contributed by atoms with Gasteiger partial charge in [-0.15, -0.1) is 0 Å². The van der Waals surface area contributed by atoms with Gasteiger partial charge in [-0.2, -0.15) is 0 Å². The van der Waals surface area contributed by atoms with E-state index >= 15 is 0 Å². The van der Waals surface area contributed by atoms with Crippen LogP contribution in [0.2, 0.25) is 0 Å². The van der Waals surface area contributed by atoms with E-state index in [0.29, 0.717) is 18.7 Å². The SMILES string of the molecule is Nc1cc(F)ccc1N1CCCCS1(=O)=O. The molecule has 1 aromatic rings. The summed E-state index contributed by atoms with van der Waals surface area (Å²) in [5.74, 6) is -0.334. The molecule has 0 aliphatic carbocycles. The summed E-state index contributed by atoms with van der Waals surface area (Å²) < 4.78 is 37.7. The molecule has 0 spiro atoms. The molecule has 0 saturated carbocycles. The van der Waals surface area contributed by atoms with Crippen molar-refractivity contribution in [1.82, 2.24) is 0 Å². The summed E-state index contributed by atoms with van der Waals surface area (Å²) in [7, 11) is -3.28. The minimum Gasteiger partial charge on any atom is -0.397 e. The lowest BCUT2D eigenvalue weighted by Crippen LogP contribution is -2.38. The molecule has 1 saturated heterocycles. The van der Waals surface area contributed by atoms with Gasteiger partial charge in [-0.3, -0.25) is 4.31 Å². The maximum absolute atomic E-state index is 12.9. The van der Waals surface area contributed by atoms with Crippen LogP contribution in [0.5, 0.6) is 0 Å². The average molecular weight is 244 g/mol. The largest absolute Gasteiger partial charge is 0.397 e. The summed E-state index contributed by atoms with van der Waals surface area (Å²) in [6.45, 7) is 0.415. The molecule has 0 unspecified atom stereocenters. The lowest BCUT2D eigenvalue weighted by atomic mass is 10.2. The third-order valence-corrected chi connectivity index (χ3v) is 4.46. The highest BCUT2D eigenvalue weighted by atomic mass is 32.2. The van der Waals surface area contributed by atoms with Crippen molar-refractivity contribution in [2.24, 2.45) is 0 Å². The van der Waals surface area contributed by atoms with Crippen LogP contribution in [0.25, 0.3) is 0 Å². The van der Waals surface area contributed by atoms with Crippen molar-refractivity contribution >= 4 is 21.4 Å². The van der Waals surface area contributed by atoms with Crippen LogP contribution in [0, 0.1) is 5.82 Å². The number of benzene rings is 1. The molecule has 1 heterocycles. The minimum absolute atomic E-state index is 0.129. The van der Waals surface area contributed by atoms with Crippen molar-refractivity contribution < 1.29 is 12.8 Å². The number of anilines is 2. The number of sulfonamides is 1. The number of rotatable bonds is 1. The standard InChI is InChI=1S/C10H13FN2O2S/c11-8-3-4-10(9(12)7-8)13-5-1-2-6-16(13,14)15/h3-4,7H,1-2,5-6,12H2. The van der Waals surface area contributed by atoms with Gasteiger partial charge in [0.15, 0.2) is 0 Å². The molecule has 1 aromatic carbocycles. The zero-order valence-electron chi connectivity index (χ0n) is 8.69. The Kier molecular flexibility index (Phi) is 2.75. The van der Waals surface area contributed by atoms with E-state index in [1.54, 1.807) is 0 Å². The monoisotopic (exact) mass is 244 g/mol. The zero-order chi connectivity index (χ0) is 11.8. The average Bonchev–Trinajstić information content (AvgIpc) is 2.19. The Hall–Kier alpha value is -1.30. The summed E-state index contributed by atoms with van der Waals surface area (Å²) in [4.78, 5) is 0. The smallest absolute Gasteiger partial charge is 0.235 e. The van der Waals surface area contributed by atoms with E-state index in [2.05, 4.69) is 0 Å². The molecule has 0 amide bonds. The number of hydrogen-bond acceptors (Lipinski definition) is 3. The van der Waals surface area contributed by atoms with Crippen LogP contribution in [0.1, 0.15) is 12.8 Å². The summed E-state index contributed by atoms with van der Waals surface area (Å²) in [5.41, 5.74) is 6.16. The maximum atomic E-state index is 12.9. The van der Waals surface area contributed by atoms with Crippen LogP contribution >= 0.6 is 0 Å². The Morgan fingerprint density at radius 2 is 2.06 bits per heavy atom. The van der Waals surface area contributed by atoms with E-state index in [0.717, 1.165) is 12.5 Å². The Morgan fingerprint density at radius 3 is 2.69 bits per heavy atom. The zero-order valence-corrected chi connectivity index (χ0v) is 9.50. The highest BCUT2D eigenvalue weighted by molar-refractivity contribution is 7.92. The van der Waals surface area contributed by atoms with Gasteiger partial charge in [0.25, 0.3) is 0 Å². The Bertz CT molecular complexity index is 502. The van der Waals surface area contributed by atoms with Crippen LogP contribution < -0.4 is 10.0 Å². The van der Waals surface area contributed by atoms with Crippen molar-refractivity contribution in [3.05, 3.63) is 24.0 Å². The summed E-state index contributed by atoms with van der Waals surface area (Å²) in [6.07, 6.45) is 1.47. The van der Waals surface area contributed by atoms with Gasteiger partial charge in [0.1, 0.15) is 5.82 Å². The number of nitrogen functional groups attached to an aromatic ring is 1. The van der Waals surface area contributed by atoms with Gasteiger partial charge < -0.3 is 5.73 Å². The van der Waals surface area contributed by atoms with Crippen molar-refractivity contribution in [2.75, 3.05) is 22.3 Å². The molecule has 88 valence electrons. The predicted octanol–water partition coefficient (Wildman–Crippen LogP) is 1.34. The molecule has 6 heteroatoms. The minimum atomic E-state index is -3.28. The van der Waals surface area contributed by atoms with Gasteiger partial charge in [-0.05, 0) is 31.0 Å². The van der Waals surface area contributed by atoms with Crippen molar-refractivity contribution in [1.29, 1.82) is 0 Å². The van der Waals surface area contributed by atoms with Gasteiger partial charge in [0, 0.05) is 6.54 Å². The first-order valence-electron chi connectivity index (χ1n) is 5.06. The van der Waals surface area contributed by atoms with Crippen LogP contribution in [-0.4, -0.2) is 20.7 Å². The van der Waals surface area contributed by atoms with Crippen molar-refractivity contribution in [3.8, 4) is 0 Å². The number of hydrogen-bond donors (Lipinski definition) is 1. The summed E-state index contributed by atoms with van der Waals surface area (Å²) in [5, 5.41) is 0. The number of nitrogens with two attached hydrogens (primary N) is 1. The molecule has 1 fully saturated rings. The summed E-state index contributed by atoms with van der Waals surface area (Å²) >= 11 is 0. The fourth-order valence-corrected chi connectivity index (χ4v) is 3.47.